The molecule has 0 unspecified atom stereocenters. The number of rotatable bonds is 6. The number of hydrogen-bond donors (Lipinski definition) is 2. The number of fused-ring (bicyclic) bond motifs is 1. The highest BCUT2D eigenvalue weighted by atomic mass is 16.7. The standard InChI is InChI=1S/C21H20N4O4/c1-13(2)29-17-6-4-3-5-16(17)25-21-22-10-14(11-23-21)20(26)24-15-7-8-18-19(9-15)28-12-27-18/h3-11,13H,12H2,1-2H3,(H,24,26)(H,22,23,25). The van der Waals surface area contributed by atoms with Gasteiger partial charge in [0, 0.05) is 24.1 Å². The van der Waals surface area contributed by atoms with Gasteiger partial charge in [0.25, 0.3) is 5.91 Å². The van der Waals surface area contributed by atoms with Gasteiger partial charge in [-0.05, 0) is 38.1 Å². The lowest BCUT2D eigenvalue weighted by atomic mass is 10.2. The molecule has 0 saturated heterocycles. The van der Waals surface area contributed by atoms with Crippen LogP contribution in [-0.4, -0.2) is 28.8 Å². The first-order valence-corrected chi connectivity index (χ1v) is 9.14. The Balaban J connectivity index is 1.43. The number of carbonyl (C=O) groups is 1. The summed E-state index contributed by atoms with van der Waals surface area (Å²) in [5, 5.41) is 5.91. The van der Waals surface area contributed by atoms with E-state index in [-0.39, 0.29) is 18.8 Å². The summed E-state index contributed by atoms with van der Waals surface area (Å²) in [6.07, 6.45) is 2.97. The molecule has 8 nitrogen and oxygen atoms in total. The van der Waals surface area contributed by atoms with Crippen molar-refractivity contribution in [1.29, 1.82) is 0 Å². The maximum Gasteiger partial charge on any atom is 0.258 e. The van der Waals surface area contributed by atoms with Gasteiger partial charge >= 0.3 is 0 Å². The number of nitrogens with one attached hydrogen (secondary N) is 2. The Morgan fingerprint density at radius 1 is 1.07 bits per heavy atom. The highest BCUT2D eigenvalue weighted by Gasteiger charge is 2.15. The van der Waals surface area contributed by atoms with Gasteiger partial charge in [0.15, 0.2) is 11.5 Å². The molecule has 0 saturated carbocycles. The van der Waals surface area contributed by atoms with Gasteiger partial charge < -0.3 is 24.8 Å². The molecule has 0 atom stereocenters. The third-order valence-electron chi connectivity index (χ3n) is 4.04. The fraction of sp³-hybridized carbons (Fsp3) is 0.190. The van der Waals surface area contributed by atoms with Gasteiger partial charge in [-0.1, -0.05) is 12.1 Å². The van der Waals surface area contributed by atoms with E-state index in [1.807, 2.05) is 38.1 Å². The van der Waals surface area contributed by atoms with Gasteiger partial charge in [-0.25, -0.2) is 9.97 Å². The van der Waals surface area contributed by atoms with Gasteiger partial charge in [-0.15, -0.1) is 0 Å². The lowest BCUT2D eigenvalue weighted by Gasteiger charge is -2.14. The molecule has 1 aliphatic heterocycles. The zero-order valence-corrected chi connectivity index (χ0v) is 16.0. The average Bonchev–Trinajstić information content (AvgIpc) is 3.17. The summed E-state index contributed by atoms with van der Waals surface area (Å²) < 4.78 is 16.4. The molecule has 4 rings (SSSR count). The van der Waals surface area contributed by atoms with Crippen LogP contribution in [0.4, 0.5) is 17.3 Å². The van der Waals surface area contributed by atoms with Gasteiger partial charge in [0.1, 0.15) is 5.75 Å². The summed E-state index contributed by atoms with van der Waals surface area (Å²) in [5.41, 5.74) is 1.68. The van der Waals surface area contributed by atoms with Crippen molar-refractivity contribution in [3.8, 4) is 17.2 Å². The quantitative estimate of drug-likeness (QED) is 0.655. The molecule has 0 radical (unpaired) electrons. The number of ether oxygens (including phenoxy) is 3. The molecule has 1 aliphatic rings. The highest BCUT2D eigenvalue weighted by Crippen LogP contribution is 2.34. The molecule has 29 heavy (non-hydrogen) atoms. The van der Waals surface area contributed by atoms with E-state index in [4.69, 9.17) is 14.2 Å². The minimum absolute atomic E-state index is 0.0427. The Morgan fingerprint density at radius 2 is 1.83 bits per heavy atom. The van der Waals surface area contributed by atoms with Crippen LogP contribution in [0.25, 0.3) is 0 Å². The number of para-hydroxylation sites is 2. The largest absolute Gasteiger partial charge is 0.489 e. The molecule has 1 amide bonds. The fourth-order valence-corrected chi connectivity index (χ4v) is 2.73. The molecule has 148 valence electrons. The van der Waals surface area contributed by atoms with Crippen molar-refractivity contribution < 1.29 is 19.0 Å². The summed E-state index contributed by atoms with van der Waals surface area (Å²) in [5.74, 6) is 2.00. The Kier molecular flexibility index (Phi) is 5.15. The van der Waals surface area contributed by atoms with Gasteiger partial charge in [0.2, 0.25) is 12.7 Å². The minimum Gasteiger partial charge on any atom is -0.489 e. The molecule has 0 fully saturated rings. The lowest BCUT2D eigenvalue weighted by Crippen LogP contribution is -2.13. The van der Waals surface area contributed by atoms with Crippen LogP contribution in [-0.2, 0) is 0 Å². The third-order valence-corrected chi connectivity index (χ3v) is 4.04. The van der Waals surface area contributed by atoms with Crippen molar-refractivity contribution in [3.63, 3.8) is 0 Å². The second-order valence-electron chi connectivity index (χ2n) is 6.61. The minimum atomic E-state index is -0.320. The molecule has 0 spiro atoms. The number of hydrogen-bond acceptors (Lipinski definition) is 7. The van der Waals surface area contributed by atoms with Crippen LogP contribution in [0.15, 0.2) is 54.9 Å². The normalized spacial score (nSPS) is 12.0. The second kappa shape index (κ2) is 8.05. The molecule has 8 heteroatoms. The van der Waals surface area contributed by atoms with Crippen molar-refractivity contribution in [2.24, 2.45) is 0 Å². The molecule has 2 heterocycles. The molecule has 1 aromatic heterocycles. The summed E-state index contributed by atoms with van der Waals surface area (Å²) in [7, 11) is 0. The number of nitrogens with zero attached hydrogens (tertiary/aromatic N) is 2. The molecule has 3 aromatic rings. The molecule has 2 N–H and O–H groups in total. The number of carbonyl (C=O) groups excluding carboxylic acids is 1. The van der Waals surface area contributed by atoms with E-state index in [9.17, 15) is 4.79 Å². The Bertz CT molecular complexity index is 1020. The van der Waals surface area contributed by atoms with E-state index < -0.39 is 0 Å². The van der Waals surface area contributed by atoms with Crippen molar-refractivity contribution in [2.75, 3.05) is 17.4 Å². The first kappa shape index (κ1) is 18.5. The van der Waals surface area contributed by atoms with Gasteiger partial charge in [0.05, 0.1) is 17.4 Å². The first-order chi connectivity index (χ1) is 14.1. The van der Waals surface area contributed by atoms with E-state index in [0.717, 1.165) is 5.69 Å². The predicted octanol–water partition coefficient (Wildman–Crippen LogP) is 3.99. The Labute approximate surface area is 167 Å². The van der Waals surface area contributed by atoms with Crippen molar-refractivity contribution in [3.05, 3.63) is 60.4 Å². The SMILES string of the molecule is CC(C)Oc1ccccc1Nc1ncc(C(=O)Nc2ccc3c(c2)OCO3)cn1. The average molecular weight is 392 g/mol. The first-order valence-electron chi connectivity index (χ1n) is 9.14. The highest BCUT2D eigenvalue weighted by molar-refractivity contribution is 6.04. The molecule has 0 aliphatic carbocycles. The van der Waals surface area contributed by atoms with Crippen LogP contribution in [0.1, 0.15) is 24.2 Å². The third kappa shape index (κ3) is 4.37. The van der Waals surface area contributed by atoms with Crippen molar-refractivity contribution in [1.82, 2.24) is 9.97 Å². The zero-order valence-electron chi connectivity index (χ0n) is 16.0. The van der Waals surface area contributed by atoms with Gasteiger partial charge in [-0.2, -0.15) is 0 Å². The second-order valence-corrected chi connectivity index (χ2v) is 6.61. The molecule has 0 bridgehead atoms. The van der Waals surface area contributed by atoms with Crippen LogP contribution >= 0.6 is 0 Å². The summed E-state index contributed by atoms with van der Waals surface area (Å²) in [6, 6.07) is 12.7. The molecule has 2 aromatic carbocycles. The van der Waals surface area contributed by atoms with E-state index in [0.29, 0.717) is 34.4 Å². The maximum atomic E-state index is 12.5. The van der Waals surface area contributed by atoms with E-state index in [2.05, 4.69) is 20.6 Å². The molecular weight excluding hydrogens is 372 g/mol. The van der Waals surface area contributed by atoms with Crippen molar-refractivity contribution in [2.45, 2.75) is 20.0 Å². The fourth-order valence-electron chi connectivity index (χ4n) is 2.73. The van der Waals surface area contributed by atoms with Crippen molar-refractivity contribution >= 4 is 23.2 Å². The van der Waals surface area contributed by atoms with Crippen LogP contribution in [0.2, 0.25) is 0 Å². The lowest BCUT2D eigenvalue weighted by molar-refractivity contribution is 0.102. The number of benzene rings is 2. The Morgan fingerprint density at radius 3 is 2.62 bits per heavy atom. The van der Waals surface area contributed by atoms with E-state index in [1.165, 1.54) is 12.4 Å². The van der Waals surface area contributed by atoms with E-state index >= 15 is 0 Å². The van der Waals surface area contributed by atoms with Crippen LogP contribution in [0, 0.1) is 0 Å². The number of aromatic nitrogens is 2. The monoisotopic (exact) mass is 392 g/mol. The van der Waals surface area contributed by atoms with Crippen LogP contribution in [0.5, 0.6) is 17.2 Å². The van der Waals surface area contributed by atoms with Crippen LogP contribution in [0.3, 0.4) is 0 Å². The van der Waals surface area contributed by atoms with E-state index in [1.54, 1.807) is 18.2 Å². The number of anilines is 3. The molecular formula is C21H20N4O4. The van der Waals surface area contributed by atoms with Crippen LogP contribution < -0.4 is 24.8 Å². The van der Waals surface area contributed by atoms with Gasteiger partial charge in [-0.3, -0.25) is 4.79 Å². The summed E-state index contributed by atoms with van der Waals surface area (Å²) in [4.78, 5) is 20.9. The summed E-state index contributed by atoms with van der Waals surface area (Å²) in [6.45, 7) is 4.10. The maximum absolute atomic E-state index is 12.5. The number of amides is 1. The Hall–Kier alpha value is -3.81. The smallest absolute Gasteiger partial charge is 0.258 e. The zero-order chi connectivity index (χ0) is 20.2. The predicted molar refractivity (Wildman–Crippen MR) is 108 cm³/mol. The topological polar surface area (TPSA) is 94.6 Å². The summed E-state index contributed by atoms with van der Waals surface area (Å²) >= 11 is 0.